The maximum Gasteiger partial charge on any atom is 0.0174 e. The molecule has 0 aliphatic heterocycles. The van der Waals surface area contributed by atoms with Crippen molar-refractivity contribution in [1.29, 1.82) is 0 Å². The molecule has 0 aromatic heterocycles. The van der Waals surface area contributed by atoms with Gasteiger partial charge in [0.05, 0.1) is 0 Å². The van der Waals surface area contributed by atoms with Gasteiger partial charge >= 0.3 is 0 Å². The highest BCUT2D eigenvalue weighted by Gasteiger charge is 2.28. The molecule has 0 saturated heterocycles. The quantitative estimate of drug-likeness (QED) is 0.603. The van der Waals surface area contributed by atoms with Gasteiger partial charge < -0.3 is 5.32 Å². The minimum Gasteiger partial charge on any atom is -0.388 e. The van der Waals surface area contributed by atoms with Crippen molar-refractivity contribution in [3.8, 4) is 0 Å². The van der Waals surface area contributed by atoms with Gasteiger partial charge in [-0.1, -0.05) is 39.0 Å². The van der Waals surface area contributed by atoms with Gasteiger partial charge in [0.25, 0.3) is 0 Å². The van der Waals surface area contributed by atoms with Crippen molar-refractivity contribution < 1.29 is 0 Å². The molecule has 0 bridgehead atoms. The zero-order valence-corrected chi connectivity index (χ0v) is 13.0. The third-order valence-electron chi connectivity index (χ3n) is 4.38. The molecule has 1 heteroatoms. The molecule has 0 spiro atoms. The molecule has 1 rings (SSSR count). The summed E-state index contributed by atoms with van der Waals surface area (Å²) in [5, 5.41) is 3.54. The second kappa shape index (κ2) is 6.45. The second-order valence-electron chi connectivity index (χ2n) is 6.89. The fourth-order valence-corrected chi connectivity index (χ4v) is 2.12. The Morgan fingerprint density at radius 3 is 2.50 bits per heavy atom. The third-order valence-corrected chi connectivity index (χ3v) is 4.38. The molecule has 0 heterocycles. The van der Waals surface area contributed by atoms with Gasteiger partial charge in [-0.3, -0.25) is 0 Å². The van der Waals surface area contributed by atoms with E-state index in [-0.39, 0.29) is 0 Å². The SMILES string of the molecule is C=C(NCC(C)C(C)(C)CCC=C(C)C)C1CC1. The van der Waals surface area contributed by atoms with Crippen LogP contribution in [0.5, 0.6) is 0 Å². The van der Waals surface area contributed by atoms with Crippen LogP contribution in [-0.2, 0) is 0 Å². The van der Waals surface area contributed by atoms with Gasteiger partial charge in [0.15, 0.2) is 0 Å². The lowest BCUT2D eigenvalue weighted by Gasteiger charge is -2.32. The Hall–Kier alpha value is -0.720. The lowest BCUT2D eigenvalue weighted by atomic mass is 9.76. The van der Waals surface area contributed by atoms with Gasteiger partial charge in [0, 0.05) is 12.2 Å². The topological polar surface area (TPSA) is 12.0 Å². The first-order valence-electron chi connectivity index (χ1n) is 7.39. The Morgan fingerprint density at radius 2 is 2.00 bits per heavy atom. The molecule has 0 amide bonds. The standard InChI is InChI=1S/C17H31N/c1-13(2)8-7-11-17(5,6)14(3)12-18-15(4)16-9-10-16/h8,14,16,18H,4,7,9-12H2,1-3,5-6H3. The zero-order valence-electron chi connectivity index (χ0n) is 13.0. The normalized spacial score (nSPS) is 17.2. The third kappa shape index (κ3) is 5.29. The predicted molar refractivity (Wildman–Crippen MR) is 81.5 cm³/mol. The Morgan fingerprint density at radius 1 is 1.39 bits per heavy atom. The summed E-state index contributed by atoms with van der Waals surface area (Å²) in [5.74, 6) is 1.45. The first kappa shape index (κ1) is 15.3. The molecular formula is C17H31N. The molecule has 1 saturated carbocycles. The second-order valence-corrected chi connectivity index (χ2v) is 6.89. The molecule has 1 unspecified atom stereocenters. The average Bonchev–Trinajstić information content (AvgIpc) is 3.08. The van der Waals surface area contributed by atoms with Gasteiger partial charge in [-0.05, 0) is 56.8 Å². The number of hydrogen-bond acceptors (Lipinski definition) is 1. The van der Waals surface area contributed by atoms with E-state index >= 15 is 0 Å². The molecule has 104 valence electrons. The first-order valence-corrected chi connectivity index (χ1v) is 7.39. The van der Waals surface area contributed by atoms with Crippen molar-refractivity contribution in [1.82, 2.24) is 5.32 Å². The van der Waals surface area contributed by atoms with Crippen LogP contribution in [0.15, 0.2) is 23.9 Å². The van der Waals surface area contributed by atoms with Gasteiger partial charge in [0.2, 0.25) is 0 Å². The minimum absolute atomic E-state index is 0.392. The van der Waals surface area contributed by atoms with E-state index in [1.54, 1.807) is 0 Å². The zero-order chi connectivity index (χ0) is 13.8. The maximum absolute atomic E-state index is 4.14. The molecule has 0 radical (unpaired) electrons. The minimum atomic E-state index is 0.392. The highest BCUT2D eigenvalue weighted by atomic mass is 14.9. The highest BCUT2D eigenvalue weighted by molar-refractivity contribution is 5.05. The summed E-state index contributed by atoms with van der Waals surface area (Å²) in [6.07, 6.45) is 7.49. The van der Waals surface area contributed by atoms with E-state index in [1.807, 2.05) is 0 Å². The smallest absolute Gasteiger partial charge is 0.0174 e. The monoisotopic (exact) mass is 249 g/mol. The molecular weight excluding hydrogens is 218 g/mol. The largest absolute Gasteiger partial charge is 0.388 e. The van der Waals surface area contributed by atoms with Crippen LogP contribution in [0, 0.1) is 17.3 Å². The summed E-state index contributed by atoms with van der Waals surface area (Å²) in [6, 6.07) is 0. The van der Waals surface area contributed by atoms with Gasteiger partial charge in [-0.2, -0.15) is 0 Å². The van der Waals surface area contributed by atoms with E-state index in [9.17, 15) is 0 Å². The lowest BCUT2D eigenvalue weighted by Crippen LogP contribution is -2.31. The molecule has 1 aliphatic rings. The predicted octanol–water partition coefficient (Wildman–Crippen LogP) is 4.91. The van der Waals surface area contributed by atoms with E-state index < -0.39 is 0 Å². The van der Waals surface area contributed by atoms with Crippen molar-refractivity contribution >= 4 is 0 Å². The Labute approximate surface area is 114 Å². The van der Waals surface area contributed by atoms with Crippen LogP contribution in [0.4, 0.5) is 0 Å². The van der Waals surface area contributed by atoms with Crippen molar-refractivity contribution in [3.05, 3.63) is 23.9 Å². The molecule has 1 fully saturated rings. The van der Waals surface area contributed by atoms with Crippen LogP contribution in [0.1, 0.15) is 60.3 Å². The van der Waals surface area contributed by atoms with E-state index in [4.69, 9.17) is 0 Å². The molecule has 0 aromatic carbocycles. The van der Waals surface area contributed by atoms with Gasteiger partial charge in [0.1, 0.15) is 0 Å². The van der Waals surface area contributed by atoms with Crippen LogP contribution >= 0.6 is 0 Å². The fraction of sp³-hybridized carbons (Fsp3) is 0.765. The summed E-state index contributed by atoms with van der Waals surface area (Å²) >= 11 is 0. The first-order chi connectivity index (χ1) is 8.33. The van der Waals surface area contributed by atoms with Crippen molar-refractivity contribution in [2.45, 2.75) is 60.3 Å². The maximum atomic E-state index is 4.14. The number of nitrogens with one attached hydrogen (secondary N) is 1. The van der Waals surface area contributed by atoms with Crippen LogP contribution in [0.3, 0.4) is 0 Å². The molecule has 1 nitrogen and oxygen atoms in total. The summed E-state index contributed by atoms with van der Waals surface area (Å²) < 4.78 is 0. The van der Waals surface area contributed by atoms with Crippen LogP contribution in [0.25, 0.3) is 0 Å². The molecule has 18 heavy (non-hydrogen) atoms. The van der Waals surface area contributed by atoms with Gasteiger partial charge in [-0.15, -0.1) is 0 Å². The number of hydrogen-bond donors (Lipinski definition) is 1. The summed E-state index contributed by atoms with van der Waals surface area (Å²) in [5.41, 5.74) is 3.09. The summed E-state index contributed by atoms with van der Waals surface area (Å²) in [6.45, 7) is 16.7. The van der Waals surface area contributed by atoms with E-state index in [0.29, 0.717) is 11.3 Å². The van der Waals surface area contributed by atoms with E-state index in [1.165, 1.54) is 37.0 Å². The number of rotatable bonds is 8. The van der Waals surface area contributed by atoms with Crippen molar-refractivity contribution in [2.24, 2.45) is 17.3 Å². The Bertz CT molecular complexity index is 304. The van der Waals surface area contributed by atoms with Crippen molar-refractivity contribution in [2.75, 3.05) is 6.54 Å². The van der Waals surface area contributed by atoms with Crippen molar-refractivity contribution in [3.63, 3.8) is 0 Å². The molecule has 0 aromatic rings. The van der Waals surface area contributed by atoms with Crippen LogP contribution < -0.4 is 5.32 Å². The van der Waals surface area contributed by atoms with Crippen LogP contribution in [-0.4, -0.2) is 6.54 Å². The summed E-state index contributed by atoms with van der Waals surface area (Å²) in [7, 11) is 0. The van der Waals surface area contributed by atoms with Crippen LogP contribution in [0.2, 0.25) is 0 Å². The van der Waals surface area contributed by atoms with Gasteiger partial charge in [-0.25, -0.2) is 0 Å². The van der Waals surface area contributed by atoms with E-state index in [0.717, 1.165) is 12.5 Å². The molecule has 1 aliphatic carbocycles. The Kier molecular flexibility index (Phi) is 5.49. The Balaban J connectivity index is 2.30. The fourth-order valence-electron chi connectivity index (χ4n) is 2.12. The molecule has 1 atom stereocenters. The summed E-state index contributed by atoms with van der Waals surface area (Å²) in [4.78, 5) is 0. The average molecular weight is 249 g/mol. The molecule has 1 N–H and O–H groups in total. The van der Waals surface area contributed by atoms with E-state index in [2.05, 4.69) is 52.6 Å². The highest BCUT2D eigenvalue weighted by Crippen LogP contribution is 2.35. The number of allylic oxidation sites excluding steroid dienone is 3. The lowest BCUT2D eigenvalue weighted by molar-refractivity contribution is 0.211.